The van der Waals surface area contributed by atoms with E-state index >= 15 is 0 Å². The van der Waals surface area contributed by atoms with Gasteiger partial charge in [0.05, 0.1) is 35.3 Å². The number of hydrogen-bond donors (Lipinski definition) is 2. The zero-order valence-corrected chi connectivity index (χ0v) is 21.0. The van der Waals surface area contributed by atoms with Crippen LogP contribution in [0.25, 0.3) is 0 Å². The topological polar surface area (TPSA) is 164 Å². The summed E-state index contributed by atoms with van der Waals surface area (Å²) in [5, 5.41) is 21.7. The Kier molecular flexibility index (Phi) is 6.62. The largest absolute Gasteiger partial charge is 0.492 e. The molecule has 4 rings (SSSR count). The van der Waals surface area contributed by atoms with E-state index in [9.17, 15) is 28.4 Å². The van der Waals surface area contributed by atoms with Gasteiger partial charge in [-0.3, -0.25) is 9.62 Å². The number of rotatable bonds is 5. The lowest BCUT2D eigenvalue weighted by molar-refractivity contribution is 0.0636. The first-order valence-electron chi connectivity index (χ1n) is 11.1. The molecule has 37 heavy (non-hydrogen) atoms. The van der Waals surface area contributed by atoms with Crippen LogP contribution in [0.5, 0.6) is 11.6 Å². The number of carbonyl (C=O) groups is 1. The van der Waals surface area contributed by atoms with Crippen LogP contribution < -0.4 is 20.1 Å². The van der Waals surface area contributed by atoms with Crippen molar-refractivity contribution in [2.24, 2.45) is 0 Å². The molecule has 0 radical (unpaired) electrons. The number of nitrogens with one attached hydrogen (secondary N) is 1. The number of ether oxygens (including phenoxy) is 2. The van der Waals surface area contributed by atoms with Crippen LogP contribution in [-0.2, 0) is 21.3 Å². The minimum Gasteiger partial charge on any atom is -0.492 e. The number of oxazole rings is 1. The van der Waals surface area contributed by atoms with Crippen molar-refractivity contribution < 1.29 is 32.2 Å². The molecule has 1 amide bonds. The van der Waals surface area contributed by atoms with Gasteiger partial charge in [0.25, 0.3) is 10.0 Å². The third-order valence-corrected chi connectivity index (χ3v) is 7.01. The predicted octanol–water partition coefficient (Wildman–Crippen LogP) is 3.02. The van der Waals surface area contributed by atoms with E-state index in [1.807, 2.05) is 6.07 Å². The number of hydrogen-bond acceptors (Lipinski definition) is 9. The minimum absolute atomic E-state index is 0.121. The Balaban J connectivity index is 1.74. The number of amides is 1. The highest BCUT2D eigenvalue weighted by atomic mass is 32.2. The van der Waals surface area contributed by atoms with Gasteiger partial charge in [-0.2, -0.15) is 5.26 Å². The Bertz CT molecular complexity index is 1550. The molecule has 0 saturated carbocycles. The third kappa shape index (κ3) is 5.54. The first-order valence-corrected chi connectivity index (χ1v) is 12.5. The van der Waals surface area contributed by atoms with E-state index in [-0.39, 0.29) is 40.7 Å². The highest BCUT2D eigenvalue weighted by Gasteiger charge is 2.36. The Morgan fingerprint density at radius 3 is 2.68 bits per heavy atom. The monoisotopic (exact) mass is 528 g/mol. The number of aromatic hydroxyl groups is 1. The zero-order chi connectivity index (χ0) is 27.0. The van der Waals surface area contributed by atoms with Crippen LogP contribution in [0.3, 0.4) is 0 Å². The lowest BCUT2D eigenvalue weighted by atomic mass is 10.2. The van der Waals surface area contributed by atoms with E-state index in [4.69, 9.17) is 9.47 Å². The van der Waals surface area contributed by atoms with Gasteiger partial charge in [0.1, 0.15) is 17.5 Å². The zero-order valence-electron chi connectivity index (χ0n) is 20.2. The van der Waals surface area contributed by atoms with Gasteiger partial charge in [0.15, 0.2) is 6.26 Å². The average molecular weight is 529 g/mol. The van der Waals surface area contributed by atoms with Crippen LogP contribution in [0.4, 0.5) is 16.2 Å². The fourth-order valence-corrected chi connectivity index (χ4v) is 5.23. The summed E-state index contributed by atoms with van der Waals surface area (Å²) in [5.74, 6) is -1.12. The van der Waals surface area contributed by atoms with Crippen LogP contribution in [0.1, 0.15) is 26.3 Å². The molecule has 0 bridgehead atoms. The second-order valence-electron chi connectivity index (χ2n) is 9.20. The van der Waals surface area contributed by atoms with Crippen molar-refractivity contribution in [2.45, 2.75) is 43.9 Å². The van der Waals surface area contributed by atoms with Gasteiger partial charge in [0, 0.05) is 5.69 Å². The standard InChI is InChI=1S/C24H24N4O8S/c1-24(2,3)36-22(30)26-16-7-8-20-19(10-16)28(37(32,33)18-6-4-5-15(9-18)11-25)13-17(35-20)12-27-21(29)14-34-23(27)31/h4-10,14,17,29H,12-13H2,1-3H3,(H,26,30). The van der Waals surface area contributed by atoms with Gasteiger partial charge in [0.2, 0.25) is 5.88 Å². The molecule has 0 fully saturated rings. The van der Waals surface area contributed by atoms with Crippen LogP contribution in [0, 0.1) is 11.3 Å². The molecule has 13 heteroatoms. The summed E-state index contributed by atoms with van der Waals surface area (Å²) < 4.78 is 45.3. The molecule has 1 aliphatic rings. The number of benzene rings is 2. The van der Waals surface area contributed by atoms with Crippen molar-refractivity contribution in [1.82, 2.24) is 4.57 Å². The first-order chi connectivity index (χ1) is 17.4. The molecule has 1 aliphatic heterocycles. The van der Waals surface area contributed by atoms with Crippen molar-refractivity contribution in [1.29, 1.82) is 5.26 Å². The van der Waals surface area contributed by atoms with Gasteiger partial charge in [-0.1, -0.05) is 6.07 Å². The van der Waals surface area contributed by atoms with Crippen LogP contribution in [0.2, 0.25) is 0 Å². The van der Waals surface area contributed by atoms with Gasteiger partial charge < -0.3 is 19.0 Å². The van der Waals surface area contributed by atoms with Gasteiger partial charge >= 0.3 is 11.8 Å². The Hall–Kier alpha value is -4.44. The number of anilines is 2. The van der Waals surface area contributed by atoms with Crippen molar-refractivity contribution in [2.75, 3.05) is 16.2 Å². The van der Waals surface area contributed by atoms with Crippen molar-refractivity contribution in [3.63, 3.8) is 0 Å². The van der Waals surface area contributed by atoms with E-state index in [2.05, 4.69) is 9.73 Å². The molecule has 1 unspecified atom stereocenters. The van der Waals surface area contributed by atoms with Gasteiger partial charge in [-0.15, -0.1) is 0 Å². The number of fused-ring (bicyclic) bond motifs is 1. The quantitative estimate of drug-likeness (QED) is 0.506. The molecule has 2 aromatic carbocycles. The van der Waals surface area contributed by atoms with E-state index in [1.54, 1.807) is 20.8 Å². The highest BCUT2D eigenvalue weighted by molar-refractivity contribution is 7.92. The fourth-order valence-electron chi connectivity index (χ4n) is 3.68. The van der Waals surface area contributed by atoms with Gasteiger partial charge in [-0.05, 0) is 57.2 Å². The Morgan fingerprint density at radius 2 is 2.03 bits per heavy atom. The smallest absolute Gasteiger partial charge is 0.421 e. The Labute approximate surface area is 212 Å². The number of carbonyl (C=O) groups excluding carboxylic acids is 1. The predicted molar refractivity (Wildman–Crippen MR) is 131 cm³/mol. The molecule has 2 N–H and O–H groups in total. The summed E-state index contributed by atoms with van der Waals surface area (Å²) in [6.07, 6.45) is -0.754. The van der Waals surface area contributed by atoms with Crippen LogP contribution in [-0.4, -0.2) is 42.4 Å². The van der Waals surface area contributed by atoms with Crippen molar-refractivity contribution in [3.05, 3.63) is 64.8 Å². The van der Waals surface area contributed by atoms with Crippen LogP contribution >= 0.6 is 0 Å². The maximum Gasteiger partial charge on any atom is 0.421 e. The summed E-state index contributed by atoms with van der Waals surface area (Å²) in [6.45, 7) is 4.67. The second-order valence-corrected chi connectivity index (χ2v) is 11.1. The van der Waals surface area contributed by atoms with E-state index < -0.39 is 39.5 Å². The molecule has 0 saturated heterocycles. The minimum atomic E-state index is -4.23. The summed E-state index contributed by atoms with van der Waals surface area (Å²) in [7, 11) is -4.23. The molecule has 2 heterocycles. The normalized spacial score (nSPS) is 15.3. The van der Waals surface area contributed by atoms with Gasteiger partial charge in [-0.25, -0.2) is 22.6 Å². The summed E-state index contributed by atoms with van der Waals surface area (Å²) in [4.78, 5) is 24.1. The summed E-state index contributed by atoms with van der Waals surface area (Å²) in [6, 6.07) is 11.8. The van der Waals surface area contributed by atoms with E-state index in [0.29, 0.717) is 0 Å². The summed E-state index contributed by atoms with van der Waals surface area (Å²) in [5.41, 5.74) is -0.214. The number of sulfonamides is 1. The number of aromatic nitrogens is 1. The fraction of sp³-hybridized carbons (Fsp3) is 0.292. The molecule has 12 nitrogen and oxygen atoms in total. The lowest BCUT2D eigenvalue weighted by Gasteiger charge is -2.35. The molecule has 0 aliphatic carbocycles. The molecule has 1 atom stereocenters. The molecular weight excluding hydrogens is 504 g/mol. The molecule has 194 valence electrons. The maximum absolute atomic E-state index is 13.7. The summed E-state index contributed by atoms with van der Waals surface area (Å²) >= 11 is 0. The third-order valence-electron chi connectivity index (χ3n) is 5.24. The second kappa shape index (κ2) is 9.55. The SMILES string of the molecule is CC(C)(C)OC(=O)Nc1ccc2c(c1)N(S(=O)(=O)c1cccc(C#N)c1)CC(Cn1c(O)coc1=O)O2. The molecule has 0 spiro atoms. The lowest BCUT2D eigenvalue weighted by Crippen LogP contribution is -2.46. The molecule has 3 aromatic rings. The van der Waals surface area contributed by atoms with E-state index in [1.165, 1.54) is 42.5 Å². The number of nitrogens with zero attached hydrogens (tertiary/aromatic N) is 3. The van der Waals surface area contributed by atoms with Crippen molar-refractivity contribution in [3.8, 4) is 17.7 Å². The molecule has 1 aromatic heterocycles. The average Bonchev–Trinajstić information content (AvgIpc) is 3.14. The number of nitriles is 1. The van der Waals surface area contributed by atoms with E-state index in [0.717, 1.165) is 15.1 Å². The highest BCUT2D eigenvalue weighted by Crippen LogP contribution is 2.39. The first kappa shape index (κ1) is 25.6. The van der Waals surface area contributed by atoms with Crippen LogP contribution in [0.15, 0.2) is 62.8 Å². The Morgan fingerprint density at radius 1 is 1.27 bits per heavy atom. The molecular formula is C24H24N4O8S. The van der Waals surface area contributed by atoms with Crippen molar-refractivity contribution >= 4 is 27.5 Å². The maximum atomic E-state index is 13.7.